The number of carbonyl (C=O) groups excluding carboxylic acids is 4. The monoisotopic (exact) mass is 727 g/mol. The smallest absolute Gasteiger partial charge is 0.313 e. The van der Waals surface area contributed by atoms with Crippen LogP contribution in [0.25, 0.3) is 0 Å². The van der Waals surface area contributed by atoms with Crippen LogP contribution in [0.1, 0.15) is 37.4 Å². The lowest BCUT2D eigenvalue weighted by molar-refractivity contribution is -0.160. The Bertz CT molecular complexity index is 1510. The van der Waals surface area contributed by atoms with Crippen LogP contribution in [0.4, 0.5) is 5.69 Å². The number of benzene rings is 2. The molecule has 3 aliphatic heterocycles. The van der Waals surface area contributed by atoms with Crippen molar-refractivity contribution in [2.75, 3.05) is 31.1 Å². The van der Waals surface area contributed by atoms with Gasteiger partial charge in [-0.05, 0) is 37.0 Å². The molecule has 2 aromatic rings. The zero-order valence-electron chi connectivity index (χ0n) is 25.9. The van der Waals surface area contributed by atoms with E-state index in [9.17, 15) is 24.3 Å². The summed E-state index contributed by atoms with van der Waals surface area (Å²) in [4.78, 5) is 58.1. The molecule has 7 atom stereocenters. The van der Waals surface area contributed by atoms with Gasteiger partial charge in [0.05, 0.1) is 35.2 Å². The average Bonchev–Trinajstić information content (AvgIpc) is 3.67. The van der Waals surface area contributed by atoms with Crippen molar-refractivity contribution in [3.63, 3.8) is 0 Å². The van der Waals surface area contributed by atoms with Gasteiger partial charge in [0, 0.05) is 30.9 Å². The number of nitrogens with one attached hydrogen (secondary N) is 1. The van der Waals surface area contributed by atoms with E-state index >= 15 is 0 Å². The Labute approximate surface area is 287 Å². The van der Waals surface area contributed by atoms with Crippen molar-refractivity contribution in [3.05, 3.63) is 90.5 Å². The van der Waals surface area contributed by atoms with Gasteiger partial charge >= 0.3 is 5.97 Å². The highest BCUT2D eigenvalue weighted by Gasteiger charge is 2.77. The molecule has 2 bridgehead atoms. The van der Waals surface area contributed by atoms with E-state index in [0.29, 0.717) is 29.1 Å². The summed E-state index contributed by atoms with van der Waals surface area (Å²) in [6.07, 6.45) is 2.95. The van der Waals surface area contributed by atoms with Crippen LogP contribution >= 0.6 is 27.5 Å². The first kappa shape index (κ1) is 34.8. The molecule has 2 aromatic carbocycles. The topological polar surface area (TPSA) is 125 Å². The van der Waals surface area contributed by atoms with Crippen LogP contribution in [0.3, 0.4) is 0 Å². The van der Waals surface area contributed by atoms with Gasteiger partial charge in [0.25, 0.3) is 5.91 Å². The number of esters is 1. The Morgan fingerprint density at radius 1 is 1.17 bits per heavy atom. The fourth-order valence-electron chi connectivity index (χ4n) is 7.06. The second-order valence-electron chi connectivity index (χ2n) is 11.9. The summed E-state index contributed by atoms with van der Waals surface area (Å²) in [6, 6.07) is 14.9. The van der Waals surface area contributed by atoms with E-state index in [4.69, 9.17) is 21.1 Å². The zero-order valence-corrected chi connectivity index (χ0v) is 28.3. The molecule has 0 aliphatic carbocycles. The van der Waals surface area contributed by atoms with Crippen molar-refractivity contribution in [1.82, 2.24) is 10.2 Å². The Kier molecular flexibility index (Phi) is 11.2. The van der Waals surface area contributed by atoms with Crippen LogP contribution in [0.2, 0.25) is 5.02 Å². The van der Waals surface area contributed by atoms with E-state index in [1.807, 2.05) is 18.2 Å². The van der Waals surface area contributed by atoms with Gasteiger partial charge in [0.2, 0.25) is 11.8 Å². The molecule has 3 heterocycles. The predicted octanol–water partition coefficient (Wildman–Crippen LogP) is 4.36. The van der Waals surface area contributed by atoms with Gasteiger partial charge in [-0.15, -0.1) is 13.2 Å². The van der Waals surface area contributed by atoms with E-state index in [2.05, 4.69) is 34.4 Å². The molecule has 3 saturated heterocycles. The number of amides is 3. The van der Waals surface area contributed by atoms with Crippen LogP contribution in [0, 0.1) is 11.8 Å². The highest BCUT2D eigenvalue weighted by Crippen LogP contribution is 2.60. The third-order valence-corrected chi connectivity index (χ3v) is 10.2. The average molecular weight is 729 g/mol. The number of fused-ring (bicyclic) bond motifs is 1. The first-order chi connectivity index (χ1) is 22.7. The fourth-order valence-corrected chi connectivity index (χ4v) is 8.24. The lowest BCUT2D eigenvalue weighted by Gasteiger charge is -2.37. The molecule has 0 aromatic heterocycles. The van der Waals surface area contributed by atoms with Crippen molar-refractivity contribution < 1.29 is 33.8 Å². The number of hydrogen-bond acceptors (Lipinski definition) is 7. The molecule has 10 nitrogen and oxygen atoms in total. The number of allylic oxidation sites excluding steroid dienone is 1. The summed E-state index contributed by atoms with van der Waals surface area (Å²) in [6.45, 7) is 7.50. The largest absolute Gasteiger partial charge is 0.455 e. The molecule has 1 spiro atoms. The van der Waals surface area contributed by atoms with E-state index in [1.165, 1.54) is 9.80 Å². The second kappa shape index (κ2) is 15.1. The van der Waals surface area contributed by atoms with Crippen LogP contribution in [0.15, 0.2) is 79.9 Å². The number of para-hydroxylation sites is 1. The number of aliphatic hydroxyl groups excluding tert-OH is 1. The number of nitrogens with zero attached hydrogens (tertiary/aromatic N) is 2. The molecular formula is C35H39BrClN3O7. The van der Waals surface area contributed by atoms with Crippen molar-refractivity contribution >= 4 is 56.9 Å². The van der Waals surface area contributed by atoms with Crippen molar-refractivity contribution in [3.8, 4) is 0 Å². The van der Waals surface area contributed by atoms with Gasteiger partial charge in [0.15, 0.2) is 0 Å². The molecule has 250 valence electrons. The maximum Gasteiger partial charge on any atom is 0.313 e. The quantitative estimate of drug-likeness (QED) is 0.159. The molecule has 0 radical (unpaired) electrons. The SMILES string of the molecule is C=CCCC(=O)NC[C@@H](OC(=O)[C@H]1[C@@H]2O[C@@]3(CC2Br)[C@@H]1C(=O)N(CCCO)[C@@H]3C(=O)N(CC=C)c1ccccc1Cl)c1ccccc1. The Morgan fingerprint density at radius 2 is 1.89 bits per heavy atom. The van der Waals surface area contributed by atoms with Crippen LogP contribution in [0.5, 0.6) is 0 Å². The predicted molar refractivity (Wildman–Crippen MR) is 181 cm³/mol. The summed E-state index contributed by atoms with van der Waals surface area (Å²) >= 11 is 10.2. The zero-order chi connectivity index (χ0) is 33.7. The first-order valence-electron chi connectivity index (χ1n) is 15.7. The fraction of sp³-hybridized carbons (Fsp3) is 0.429. The van der Waals surface area contributed by atoms with E-state index < -0.39 is 53.5 Å². The van der Waals surface area contributed by atoms with Crippen molar-refractivity contribution in [2.24, 2.45) is 11.8 Å². The third kappa shape index (κ3) is 6.76. The van der Waals surface area contributed by atoms with Crippen molar-refractivity contribution in [2.45, 2.75) is 54.4 Å². The van der Waals surface area contributed by atoms with Crippen LogP contribution in [-0.4, -0.2) is 82.5 Å². The lowest BCUT2D eigenvalue weighted by atomic mass is 9.70. The number of aliphatic hydroxyl groups is 1. The molecular weight excluding hydrogens is 690 g/mol. The van der Waals surface area contributed by atoms with Gasteiger partial charge in [-0.1, -0.05) is 82.1 Å². The molecule has 3 amide bonds. The van der Waals surface area contributed by atoms with Gasteiger partial charge in [-0.2, -0.15) is 0 Å². The van der Waals surface area contributed by atoms with Crippen LogP contribution < -0.4 is 10.2 Å². The molecule has 2 N–H and O–H groups in total. The van der Waals surface area contributed by atoms with Crippen molar-refractivity contribution in [1.29, 1.82) is 0 Å². The number of hydrogen-bond donors (Lipinski definition) is 2. The van der Waals surface area contributed by atoms with E-state index in [-0.39, 0.29) is 49.8 Å². The maximum absolute atomic E-state index is 14.6. The number of likely N-dealkylation sites (tertiary alicyclic amines) is 1. The summed E-state index contributed by atoms with van der Waals surface area (Å²) < 4.78 is 12.7. The lowest BCUT2D eigenvalue weighted by Crippen LogP contribution is -2.57. The maximum atomic E-state index is 14.6. The normalized spacial score (nSPS) is 26.4. The number of alkyl halides is 1. The summed E-state index contributed by atoms with van der Waals surface area (Å²) in [5.41, 5.74) is -0.212. The standard InChI is InChI=1S/C35H39BrClN3O7/c1-3-5-16-27(42)38-21-26(22-12-7-6-8-13-22)46-34(45)28-29-32(43)40(18-11-19-41)31(35(29)20-23(36)30(28)47-35)33(44)39(17-4-2)25-15-10-9-14-24(25)37/h3-4,6-10,12-15,23,26,28-31,41H,1-2,5,11,16-21H2,(H,38,42)/t23?,26-,28-,29+,30-,31-,35+/m1/s1. The number of anilines is 1. The Hall–Kier alpha value is -3.51. The van der Waals surface area contributed by atoms with Gasteiger partial charge < -0.3 is 29.7 Å². The van der Waals surface area contributed by atoms with Gasteiger partial charge in [-0.25, -0.2) is 0 Å². The Balaban J connectivity index is 1.48. The minimum Gasteiger partial charge on any atom is -0.455 e. The molecule has 3 aliphatic rings. The molecule has 47 heavy (non-hydrogen) atoms. The molecule has 12 heteroatoms. The van der Waals surface area contributed by atoms with Gasteiger partial charge in [0.1, 0.15) is 17.7 Å². The first-order valence-corrected chi connectivity index (χ1v) is 17.0. The second-order valence-corrected chi connectivity index (χ2v) is 13.5. The van der Waals surface area contributed by atoms with Gasteiger partial charge in [-0.3, -0.25) is 19.2 Å². The summed E-state index contributed by atoms with van der Waals surface area (Å²) in [5, 5.41) is 12.9. The highest BCUT2D eigenvalue weighted by atomic mass is 79.9. The van der Waals surface area contributed by atoms with E-state index in [1.54, 1.807) is 48.6 Å². The molecule has 1 unspecified atom stereocenters. The molecule has 0 saturated carbocycles. The number of carbonyl (C=O) groups is 4. The Morgan fingerprint density at radius 3 is 2.57 bits per heavy atom. The highest BCUT2D eigenvalue weighted by molar-refractivity contribution is 9.09. The summed E-state index contributed by atoms with van der Waals surface area (Å²) in [7, 11) is 0. The summed E-state index contributed by atoms with van der Waals surface area (Å²) in [5.74, 6) is -3.72. The number of rotatable bonds is 15. The van der Waals surface area contributed by atoms with Crippen LogP contribution in [-0.2, 0) is 28.7 Å². The minimum absolute atomic E-state index is 0.0313. The third-order valence-electron chi connectivity index (χ3n) is 9.06. The molecule has 3 fully saturated rings. The minimum atomic E-state index is -1.34. The molecule has 5 rings (SSSR count). The van der Waals surface area contributed by atoms with E-state index in [0.717, 1.165) is 0 Å². The number of halogens is 2. The number of ether oxygens (including phenoxy) is 2.